The van der Waals surface area contributed by atoms with Crippen LogP contribution in [0.3, 0.4) is 0 Å². The molecule has 9 nitrogen and oxygen atoms in total. The van der Waals surface area contributed by atoms with Gasteiger partial charge in [0.2, 0.25) is 53.9 Å². The molecule has 0 fully saturated rings. The molecule has 0 unspecified atom stereocenters. The Morgan fingerprint density at radius 3 is 1.69 bits per heavy atom. The van der Waals surface area contributed by atoms with Crippen LogP contribution in [0.2, 0.25) is 0 Å². The number of aryl methyl sites for hydroxylation is 11. The summed E-state index contributed by atoms with van der Waals surface area (Å²) in [7, 11) is 16.7. The fraction of sp³-hybridized carbons (Fsp3) is 0.238. The van der Waals surface area contributed by atoms with Gasteiger partial charge in [-0.2, -0.15) is 9.13 Å². The summed E-state index contributed by atoms with van der Waals surface area (Å²) >= 11 is 3.70. The Morgan fingerprint density at radius 1 is 0.474 bits per heavy atom. The Bertz CT molecular complexity index is 4870. The number of benzene rings is 8. The summed E-state index contributed by atoms with van der Waals surface area (Å²) in [5.74, 6) is 2.21. The van der Waals surface area contributed by atoms with Crippen molar-refractivity contribution in [3.8, 4) is 10.4 Å². The highest BCUT2D eigenvalue weighted by Crippen LogP contribution is 2.38. The number of thiazole rings is 1. The molecule has 0 amide bonds. The fourth-order valence-electron chi connectivity index (χ4n) is 11.9. The van der Waals surface area contributed by atoms with Gasteiger partial charge >= 0.3 is 5.89 Å². The topological polar surface area (TPSA) is 43.5 Å². The van der Waals surface area contributed by atoms with Crippen molar-refractivity contribution in [1.29, 1.82) is 0 Å². The highest BCUT2D eigenvalue weighted by atomic mass is 32.1. The number of oxazole rings is 1. The number of para-hydroxylation sites is 8. The van der Waals surface area contributed by atoms with Gasteiger partial charge in [-0.25, -0.2) is 27.4 Å². The lowest BCUT2D eigenvalue weighted by molar-refractivity contribution is -0.677. The standard InChI is InChI=1S/C16H13S.C12H16N.C11H12N.C10H13N2.C10H12N.C9H10NO.C9H10NS.C7H10N/c1-12-11-16(13-7-3-2-4-8-13)17-15-10-6-5-9-14(12)15;1-9-12(2,3)10-7-5-6-8-11(10)13(9)4;1-9-7-8-12(2)11-6-4-3-5-10(9)11;1-8-11(2)9-6-4-5-7-10(9)12(8)3;1-8-7-9-5-3-4-6-10(9)11(8)2;2*1-7-10(2)8-5-3-4-6-9(8)11-7;1-7-5-3-4-6-8(7)2/h2-11H,1H3;5-8H,1-4H3;3-8H,1-2H3;4-7H,1-3H3;3-6H,7H2,1-2H3;2*3-6H,1-2H3;3-6H,1-2H3/q8*+1. The van der Waals surface area contributed by atoms with Crippen molar-refractivity contribution in [2.45, 2.75) is 81.1 Å². The van der Waals surface area contributed by atoms with Crippen LogP contribution in [0.5, 0.6) is 0 Å². The van der Waals surface area contributed by atoms with Gasteiger partial charge in [0.15, 0.2) is 40.5 Å². The first-order chi connectivity index (χ1) is 45.6. The molecule has 0 saturated carbocycles. The molecule has 95 heavy (non-hydrogen) atoms. The molecular formula is C84H96N8OS2+8. The average molecular weight is 1300 g/mol. The van der Waals surface area contributed by atoms with Gasteiger partial charge in [-0.3, -0.25) is 0 Å². The Labute approximate surface area is 571 Å². The summed E-state index contributed by atoms with van der Waals surface area (Å²) < 4.78 is 25.6. The predicted molar refractivity (Wildman–Crippen MR) is 400 cm³/mol. The Hall–Kier alpha value is -9.68. The average Bonchev–Trinajstić information content (AvgIpc) is 1.68. The van der Waals surface area contributed by atoms with Crippen molar-refractivity contribution in [1.82, 2.24) is 4.57 Å². The summed E-state index contributed by atoms with van der Waals surface area (Å²) in [5.41, 5.74) is 21.2. The minimum atomic E-state index is 0.200. The molecule has 482 valence electrons. The van der Waals surface area contributed by atoms with E-state index in [1.54, 1.807) is 0 Å². The molecule has 2 aliphatic heterocycles. The van der Waals surface area contributed by atoms with E-state index in [-0.39, 0.29) is 5.41 Å². The second-order valence-corrected chi connectivity index (χ2v) is 27.4. The normalized spacial score (nSPS) is 12.3. The number of hydrogen-bond acceptors (Lipinski definition) is 2. The number of fused-ring (bicyclic) bond motifs is 7. The second kappa shape index (κ2) is 31.5. The van der Waals surface area contributed by atoms with Crippen LogP contribution in [0.25, 0.3) is 63.8 Å². The van der Waals surface area contributed by atoms with E-state index < -0.39 is 0 Å². The Balaban J connectivity index is 0.000000129. The van der Waals surface area contributed by atoms with Gasteiger partial charge in [-0.05, 0) is 87.4 Å². The highest BCUT2D eigenvalue weighted by Gasteiger charge is 2.41. The van der Waals surface area contributed by atoms with Crippen LogP contribution in [0.4, 0.5) is 11.4 Å². The van der Waals surface area contributed by atoms with Crippen LogP contribution < -0.4 is 22.8 Å². The van der Waals surface area contributed by atoms with Crippen LogP contribution >= 0.6 is 22.7 Å². The molecule has 16 rings (SSSR count). The lowest BCUT2D eigenvalue weighted by atomic mass is 9.82. The molecule has 8 heterocycles. The number of nitrogens with zero attached hydrogens (tertiary/aromatic N) is 8. The van der Waals surface area contributed by atoms with Gasteiger partial charge in [-0.15, -0.1) is 0 Å². The smallest absolute Gasteiger partial charge is 0.344 e. The van der Waals surface area contributed by atoms with Gasteiger partial charge < -0.3 is 4.42 Å². The maximum absolute atomic E-state index is 5.46. The van der Waals surface area contributed by atoms with E-state index in [0.717, 1.165) is 23.4 Å². The third-order valence-corrected chi connectivity index (χ3v) is 21.0. The van der Waals surface area contributed by atoms with Gasteiger partial charge in [0, 0.05) is 123 Å². The van der Waals surface area contributed by atoms with Gasteiger partial charge in [-0.1, -0.05) is 133 Å². The SMILES string of the molecule is CC1=[N+](C)c2ccccc2C1.CC1=[N+](C)c2ccccc2C1(C)C.Cc1cc(-c2ccccc2)[s+]c2ccccc12.Cc1cc[n+](C)c2ccccc12.Cc1cccc[n+]1C.Cc1n(C)c2ccccc2[n+]1C.Cc1oc2ccccc2[n+]1C.Cc1sc2ccccc2[n+]1C. The molecule has 0 radical (unpaired) electrons. The molecule has 14 aromatic rings. The summed E-state index contributed by atoms with van der Waals surface area (Å²) in [6.07, 6.45) is 5.25. The minimum absolute atomic E-state index is 0.200. The van der Waals surface area contributed by atoms with Gasteiger partial charge in [0.05, 0.1) is 32.9 Å². The van der Waals surface area contributed by atoms with Crippen molar-refractivity contribution in [2.75, 3.05) is 14.1 Å². The highest BCUT2D eigenvalue weighted by molar-refractivity contribution is 7.21. The zero-order valence-corrected chi connectivity index (χ0v) is 60.7. The van der Waals surface area contributed by atoms with E-state index in [1.807, 2.05) is 90.9 Å². The van der Waals surface area contributed by atoms with E-state index in [2.05, 4.69) is 337 Å². The summed E-state index contributed by atoms with van der Waals surface area (Å²) in [5, 5.41) is 4.05. The Morgan fingerprint density at radius 2 is 1.05 bits per heavy atom. The number of rotatable bonds is 1. The molecule has 0 aliphatic carbocycles. The number of pyridine rings is 2. The van der Waals surface area contributed by atoms with E-state index >= 15 is 0 Å². The first-order valence-corrected chi connectivity index (χ1v) is 34.2. The molecule has 0 spiro atoms. The zero-order valence-electron chi connectivity index (χ0n) is 59.1. The molecule has 0 saturated heterocycles. The molecule has 6 aromatic heterocycles. The quantitative estimate of drug-likeness (QED) is 0.119. The third kappa shape index (κ3) is 16.3. The summed E-state index contributed by atoms with van der Waals surface area (Å²) in [6, 6.07) is 80.3. The van der Waals surface area contributed by atoms with Gasteiger partial charge in [0.1, 0.15) is 47.0 Å². The lowest BCUT2D eigenvalue weighted by Crippen LogP contribution is -2.30. The maximum atomic E-state index is 5.46. The second-order valence-electron chi connectivity index (χ2n) is 25.1. The lowest BCUT2D eigenvalue weighted by Gasteiger charge is -2.14. The number of aromatic nitrogens is 6. The summed E-state index contributed by atoms with van der Waals surface area (Å²) in [4.78, 5) is 1.34. The summed E-state index contributed by atoms with van der Waals surface area (Å²) in [6.45, 7) is 21.6. The molecule has 0 N–H and O–H groups in total. The van der Waals surface area contributed by atoms with E-state index in [1.165, 1.54) is 114 Å². The van der Waals surface area contributed by atoms with E-state index in [9.17, 15) is 0 Å². The fourth-order valence-corrected chi connectivity index (χ4v) is 14.1. The van der Waals surface area contributed by atoms with Crippen molar-refractivity contribution < 1.29 is 36.4 Å². The third-order valence-electron chi connectivity index (χ3n) is 18.7. The molecule has 2 aliphatic rings. The van der Waals surface area contributed by atoms with E-state index in [4.69, 9.17) is 4.42 Å². The Kier molecular flexibility index (Phi) is 23.1. The number of hydrogen-bond donors (Lipinski definition) is 0. The van der Waals surface area contributed by atoms with Crippen LogP contribution in [0.15, 0.2) is 247 Å². The van der Waals surface area contributed by atoms with Crippen molar-refractivity contribution in [3.63, 3.8) is 0 Å². The molecular weight excluding hydrogens is 1200 g/mol. The van der Waals surface area contributed by atoms with Crippen molar-refractivity contribution in [3.05, 3.63) is 288 Å². The van der Waals surface area contributed by atoms with Crippen LogP contribution in [0.1, 0.15) is 72.4 Å². The largest absolute Gasteiger partial charge is 0.402 e. The van der Waals surface area contributed by atoms with Crippen LogP contribution in [0, 0.1) is 41.5 Å². The predicted octanol–water partition coefficient (Wildman–Crippen LogP) is 17.6. The zero-order chi connectivity index (χ0) is 68.1. The van der Waals surface area contributed by atoms with Crippen molar-refractivity contribution in [2.24, 2.45) is 42.3 Å². The van der Waals surface area contributed by atoms with Crippen LogP contribution in [-0.4, -0.2) is 39.2 Å². The first-order valence-electron chi connectivity index (χ1n) is 32.6. The van der Waals surface area contributed by atoms with Crippen molar-refractivity contribution >= 4 is 98.8 Å². The molecule has 8 aromatic carbocycles. The van der Waals surface area contributed by atoms with Gasteiger partial charge in [0.25, 0.3) is 11.3 Å². The monoisotopic (exact) mass is 1300 g/mol. The van der Waals surface area contributed by atoms with Crippen LogP contribution in [-0.2, 0) is 54.1 Å². The molecule has 0 atom stereocenters. The first kappa shape index (κ1) is 69.7. The molecule has 11 heteroatoms. The maximum Gasteiger partial charge on any atom is 0.344 e. The van der Waals surface area contributed by atoms with E-state index in [0.29, 0.717) is 0 Å². The molecule has 0 bridgehead atoms. The minimum Gasteiger partial charge on any atom is -0.402 e. The number of imidazole rings is 1.